The average Bonchev–Trinajstić information content (AvgIpc) is 3.11. The Bertz CT molecular complexity index is 1120. The van der Waals surface area contributed by atoms with Crippen LogP contribution in [0, 0.1) is 0 Å². The van der Waals surface area contributed by atoms with Gasteiger partial charge in [0.1, 0.15) is 10.6 Å². The van der Waals surface area contributed by atoms with Crippen LogP contribution < -0.4 is 20.9 Å². The number of nitrogens with one attached hydrogen (secondary N) is 2. The summed E-state index contributed by atoms with van der Waals surface area (Å²) >= 11 is 7.56. The number of aryl methyl sites for hydroxylation is 1. The minimum Gasteiger partial charge on any atom is -0.482 e. The molecular formula is C17H13ClN4O4S. The van der Waals surface area contributed by atoms with Crippen molar-refractivity contribution in [3.8, 4) is 5.75 Å². The number of halogens is 1. The number of benzene rings is 1. The largest absolute Gasteiger partial charge is 0.482 e. The topological polar surface area (TPSA) is 102 Å². The van der Waals surface area contributed by atoms with Gasteiger partial charge < -0.3 is 15.4 Å². The highest BCUT2D eigenvalue weighted by Crippen LogP contribution is 2.36. The number of fused-ring (bicyclic) bond motifs is 2. The number of carbonyl (C=O) groups excluding carboxylic acids is 2. The lowest BCUT2D eigenvalue weighted by Gasteiger charge is -2.19. The summed E-state index contributed by atoms with van der Waals surface area (Å²) in [5, 5.41) is 7.95. The van der Waals surface area contributed by atoms with E-state index in [2.05, 4.69) is 15.6 Å². The van der Waals surface area contributed by atoms with Crippen molar-refractivity contribution in [2.24, 2.45) is 0 Å². The summed E-state index contributed by atoms with van der Waals surface area (Å²) in [5.74, 6) is -0.149. The maximum atomic E-state index is 12.3. The van der Waals surface area contributed by atoms with Crippen LogP contribution in [-0.2, 0) is 16.1 Å². The third-order valence-electron chi connectivity index (χ3n) is 4.01. The zero-order chi connectivity index (χ0) is 19.0. The molecule has 0 spiro atoms. The molecule has 4 rings (SSSR count). The molecule has 0 fully saturated rings. The van der Waals surface area contributed by atoms with Gasteiger partial charge in [-0.05, 0) is 17.5 Å². The molecule has 0 atom stereocenters. The summed E-state index contributed by atoms with van der Waals surface area (Å²) in [5.41, 5.74) is 0.649. The minimum atomic E-state index is -0.311. The zero-order valence-electron chi connectivity index (χ0n) is 13.8. The first-order valence-electron chi connectivity index (χ1n) is 8.00. The number of hydrogen-bond donors (Lipinski definition) is 2. The first-order chi connectivity index (χ1) is 13.0. The number of rotatable bonds is 4. The molecule has 1 aliphatic rings. The summed E-state index contributed by atoms with van der Waals surface area (Å²) in [7, 11) is 0. The van der Waals surface area contributed by atoms with Crippen molar-refractivity contribution in [3.05, 3.63) is 45.3 Å². The molecular weight excluding hydrogens is 392 g/mol. The lowest BCUT2D eigenvalue weighted by Crippen LogP contribution is -2.26. The summed E-state index contributed by atoms with van der Waals surface area (Å²) in [4.78, 5) is 40.8. The van der Waals surface area contributed by atoms with Crippen molar-refractivity contribution in [2.45, 2.75) is 13.0 Å². The fourth-order valence-corrected chi connectivity index (χ4v) is 3.62. The number of aromatic nitrogens is 2. The second-order valence-corrected chi connectivity index (χ2v) is 7.15. The van der Waals surface area contributed by atoms with Gasteiger partial charge in [-0.15, -0.1) is 11.3 Å². The highest BCUT2D eigenvalue weighted by Gasteiger charge is 2.19. The first kappa shape index (κ1) is 17.5. The molecule has 138 valence electrons. The van der Waals surface area contributed by atoms with E-state index >= 15 is 0 Å². The molecule has 0 unspecified atom stereocenters. The summed E-state index contributed by atoms with van der Waals surface area (Å²) in [6, 6.07) is 4.79. The molecule has 0 bridgehead atoms. The van der Waals surface area contributed by atoms with Gasteiger partial charge in [-0.25, -0.2) is 4.98 Å². The lowest BCUT2D eigenvalue weighted by atomic mass is 10.2. The maximum Gasteiger partial charge on any atom is 0.262 e. The Morgan fingerprint density at radius 3 is 3.11 bits per heavy atom. The van der Waals surface area contributed by atoms with Crippen LogP contribution in [0.1, 0.15) is 6.42 Å². The minimum absolute atomic E-state index is 0.0717. The van der Waals surface area contributed by atoms with Crippen molar-refractivity contribution in [1.29, 1.82) is 0 Å². The predicted molar refractivity (Wildman–Crippen MR) is 103 cm³/mol. The zero-order valence-corrected chi connectivity index (χ0v) is 15.4. The molecule has 27 heavy (non-hydrogen) atoms. The Balaban J connectivity index is 1.45. The van der Waals surface area contributed by atoms with Gasteiger partial charge >= 0.3 is 0 Å². The molecule has 3 aromatic rings. The molecule has 3 heterocycles. The summed E-state index contributed by atoms with van der Waals surface area (Å²) in [6.45, 7) is 0.0988. The van der Waals surface area contributed by atoms with Crippen LogP contribution in [0.5, 0.6) is 5.75 Å². The van der Waals surface area contributed by atoms with E-state index in [9.17, 15) is 14.4 Å². The monoisotopic (exact) mass is 404 g/mol. The fourth-order valence-electron chi connectivity index (χ4n) is 2.68. The van der Waals surface area contributed by atoms with E-state index in [4.69, 9.17) is 16.3 Å². The predicted octanol–water partition coefficient (Wildman–Crippen LogP) is 2.47. The number of thiophene rings is 1. The van der Waals surface area contributed by atoms with E-state index in [0.717, 1.165) is 0 Å². The second kappa shape index (κ2) is 7.01. The van der Waals surface area contributed by atoms with Gasteiger partial charge in [-0.1, -0.05) is 11.6 Å². The van der Waals surface area contributed by atoms with Crippen molar-refractivity contribution in [2.75, 3.05) is 17.2 Å². The Labute approximate surface area is 161 Å². The van der Waals surface area contributed by atoms with Gasteiger partial charge in [-0.2, -0.15) is 0 Å². The normalized spacial score (nSPS) is 13.0. The fraction of sp³-hybridized carbons (Fsp3) is 0.176. The van der Waals surface area contributed by atoms with E-state index in [1.54, 1.807) is 17.5 Å². The van der Waals surface area contributed by atoms with Gasteiger partial charge in [0.15, 0.2) is 6.61 Å². The van der Waals surface area contributed by atoms with E-state index in [1.807, 2.05) is 0 Å². The van der Waals surface area contributed by atoms with Crippen LogP contribution in [0.2, 0.25) is 5.02 Å². The molecule has 0 aliphatic carbocycles. The number of carbonyl (C=O) groups is 2. The smallest absolute Gasteiger partial charge is 0.262 e. The van der Waals surface area contributed by atoms with Gasteiger partial charge in [0.2, 0.25) is 5.91 Å². The average molecular weight is 405 g/mol. The summed E-state index contributed by atoms with van der Waals surface area (Å²) in [6.07, 6.45) is 1.51. The van der Waals surface area contributed by atoms with E-state index < -0.39 is 0 Å². The van der Waals surface area contributed by atoms with Crippen LogP contribution in [0.4, 0.5) is 11.4 Å². The van der Waals surface area contributed by atoms with Crippen molar-refractivity contribution in [1.82, 2.24) is 9.55 Å². The van der Waals surface area contributed by atoms with Crippen LogP contribution in [0.25, 0.3) is 10.2 Å². The molecule has 2 amide bonds. The SMILES string of the molecule is O=C(CCn1cnc2sccc2c1=O)Nc1cc2c(cc1Cl)NC(=O)CO2. The highest BCUT2D eigenvalue weighted by molar-refractivity contribution is 7.16. The molecule has 2 aromatic heterocycles. The van der Waals surface area contributed by atoms with Gasteiger partial charge in [0.05, 0.1) is 28.1 Å². The van der Waals surface area contributed by atoms with Crippen LogP contribution in [0.3, 0.4) is 0 Å². The van der Waals surface area contributed by atoms with Gasteiger partial charge in [0, 0.05) is 19.0 Å². The quantitative estimate of drug-likeness (QED) is 0.695. The molecule has 10 heteroatoms. The van der Waals surface area contributed by atoms with E-state index in [-0.39, 0.29) is 42.0 Å². The Morgan fingerprint density at radius 1 is 1.41 bits per heavy atom. The van der Waals surface area contributed by atoms with Crippen LogP contribution >= 0.6 is 22.9 Å². The van der Waals surface area contributed by atoms with Gasteiger partial charge in [0.25, 0.3) is 11.5 Å². The third-order valence-corrected chi connectivity index (χ3v) is 5.14. The van der Waals surface area contributed by atoms with Crippen LogP contribution in [-0.4, -0.2) is 28.0 Å². The van der Waals surface area contributed by atoms with E-state index in [0.29, 0.717) is 27.3 Å². The van der Waals surface area contributed by atoms with Crippen molar-refractivity contribution < 1.29 is 14.3 Å². The number of nitrogens with zero attached hydrogens (tertiary/aromatic N) is 2. The van der Waals surface area contributed by atoms with E-state index in [1.165, 1.54) is 28.3 Å². The van der Waals surface area contributed by atoms with Crippen LogP contribution in [0.15, 0.2) is 34.7 Å². The van der Waals surface area contributed by atoms with Crippen molar-refractivity contribution in [3.63, 3.8) is 0 Å². The van der Waals surface area contributed by atoms with Gasteiger partial charge in [-0.3, -0.25) is 19.0 Å². The highest BCUT2D eigenvalue weighted by atomic mass is 35.5. The number of hydrogen-bond acceptors (Lipinski definition) is 6. The molecule has 8 nitrogen and oxygen atoms in total. The third kappa shape index (κ3) is 3.51. The molecule has 2 N–H and O–H groups in total. The lowest BCUT2D eigenvalue weighted by molar-refractivity contribution is -0.118. The molecule has 1 aromatic carbocycles. The second-order valence-electron chi connectivity index (χ2n) is 5.85. The molecule has 1 aliphatic heterocycles. The summed E-state index contributed by atoms with van der Waals surface area (Å²) < 4.78 is 6.72. The number of anilines is 2. The standard InChI is InChI=1S/C17H13ClN4O4S/c18-10-5-12-13(26-7-15(24)21-12)6-11(10)20-14(23)1-3-22-8-19-16-9(17(22)25)2-4-27-16/h2,4-6,8H,1,3,7H2,(H,20,23)(H,21,24). The Morgan fingerprint density at radius 2 is 2.26 bits per heavy atom. The number of amides is 2. The molecule has 0 saturated carbocycles. The van der Waals surface area contributed by atoms with Crippen molar-refractivity contribution >= 4 is 56.3 Å². The molecule has 0 radical (unpaired) electrons. The first-order valence-corrected chi connectivity index (χ1v) is 9.26. The number of ether oxygens (including phenoxy) is 1. The molecule has 0 saturated heterocycles. The Hall–Kier alpha value is -2.91. The maximum absolute atomic E-state index is 12.3. The Kier molecular flexibility index (Phi) is 4.54.